The molecule has 20 heavy (non-hydrogen) atoms. The molecule has 1 aromatic rings. The fourth-order valence-electron chi connectivity index (χ4n) is 1.71. The van der Waals surface area contributed by atoms with Crippen LogP contribution in [0.1, 0.15) is 24.3 Å². The third-order valence-corrected chi connectivity index (χ3v) is 2.67. The molecule has 1 heterocycles. The van der Waals surface area contributed by atoms with Gasteiger partial charge in [-0.2, -0.15) is 13.2 Å². The summed E-state index contributed by atoms with van der Waals surface area (Å²) in [5, 5.41) is 0. The summed E-state index contributed by atoms with van der Waals surface area (Å²) in [6, 6.07) is 3.72. The van der Waals surface area contributed by atoms with Crippen molar-refractivity contribution in [2.45, 2.75) is 19.4 Å². The largest absolute Gasteiger partial charge is 0.458 e. The minimum atomic E-state index is -4.64. The lowest BCUT2D eigenvalue weighted by molar-refractivity contribution is -0.202. The molecular weight excluding hydrogens is 276 g/mol. The lowest BCUT2D eigenvalue weighted by Crippen LogP contribution is -2.25. The van der Waals surface area contributed by atoms with E-state index in [-0.39, 0.29) is 11.5 Å². The zero-order valence-electron chi connectivity index (χ0n) is 10.6. The van der Waals surface area contributed by atoms with Crippen molar-refractivity contribution in [1.29, 1.82) is 0 Å². The zero-order chi connectivity index (χ0) is 14.8. The van der Waals surface area contributed by atoms with Gasteiger partial charge in [0.25, 0.3) is 0 Å². The van der Waals surface area contributed by atoms with E-state index in [1.165, 1.54) is 12.1 Å². The van der Waals surface area contributed by atoms with Crippen LogP contribution in [0.15, 0.2) is 18.2 Å². The molecule has 6 heteroatoms. The molecule has 1 saturated heterocycles. The van der Waals surface area contributed by atoms with Crippen LogP contribution < -0.4 is 0 Å². The van der Waals surface area contributed by atoms with Gasteiger partial charge in [-0.3, -0.25) is 0 Å². The first-order chi connectivity index (χ1) is 9.35. The molecule has 2 nitrogen and oxygen atoms in total. The van der Waals surface area contributed by atoms with Gasteiger partial charge in [-0.05, 0) is 12.1 Å². The molecule has 1 fully saturated rings. The molecule has 1 aliphatic rings. The Morgan fingerprint density at radius 3 is 2.40 bits per heavy atom. The van der Waals surface area contributed by atoms with Gasteiger partial charge in [0.05, 0.1) is 18.8 Å². The van der Waals surface area contributed by atoms with E-state index in [0.29, 0.717) is 18.8 Å². The molecule has 0 amide bonds. The Balaban J connectivity index is 2.15. The second kappa shape index (κ2) is 5.81. The van der Waals surface area contributed by atoms with Crippen LogP contribution in [0.2, 0.25) is 0 Å². The minimum absolute atomic E-state index is 0.257. The van der Waals surface area contributed by atoms with Gasteiger partial charge in [0.2, 0.25) is 0 Å². The minimum Gasteiger partial charge on any atom is -0.348 e. The molecule has 108 valence electrons. The maximum absolute atomic E-state index is 13.7. The fourth-order valence-corrected chi connectivity index (χ4v) is 1.71. The average molecular weight is 288 g/mol. The predicted molar refractivity (Wildman–Crippen MR) is 63.1 cm³/mol. The highest BCUT2D eigenvalue weighted by atomic mass is 19.4. The molecule has 0 bridgehead atoms. The van der Waals surface area contributed by atoms with Crippen molar-refractivity contribution in [3.05, 3.63) is 35.1 Å². The monoisotopic (exact) mass is 288 g/mol. The molecule has 0 spiro atoms. The van der Waals surface area contributed by atoms with Crippen molar-refractivity contribution in [2.24, 2.45) is 5.92 Å². The van der Waals surface area contributed by atoms with Gasteiger partial charge in [-0.1, -0.05) is 18.9 Å². The van der Waals surface area contributed by atoms with Crippen LogP contribution in [0.4, 0.5) is 17.6 Å². The van der Waals surface area contributed by atoms with E-state index in [4.69, 9.17) is 9.47 Å². The second-order valence-electron chi connectivity index (χ2n) is 4.59. The van der Waals surface area contributed by atoms with Crippen LogP contribution >= 0.6 is 0 Å². The van der Waals surface area contributed by atoms with Crippen molar-refractivity contribution in [3.8, 4) is 11.8 Å². The van der Waals surface area contributed by atoms with Gasteiger partial charge in [0.15, 0.2) is 6.29 Å². The maximum Gasteiger partial charge on any atom is 0.458 e. The van der Waals surface area contributed by atoms with Crippen molar-refractivity contribution in [1.82, 2.24) is 0 Å². The molecule has 1 aliphatic heterocycles. The predicted octanol–water partition coefficient (Wildman–Crippen LogP) is 3.42. The summed E-state index contributed by atoms with van der Waals surface area (Å²) in [5.41, 5.74) is 0.113. The topological polar surface area (TPSA) is 18.5 Å². The van der Waals surface area contributed by atoms with E-state index in [1.807, 2.05) is 6.92 Å². The summed E-state index contributed by atoms with van der Waals surface area (Å²) in [7, 11) is 0. The molecule has 0 aromatic heterocycles. The number of halogens is 4. The van der Waals surface area contributed by atoms with Gasteiger partial charge in [0.1, 0.15) is 5.82 Å². The van der Waals surface area contributed by atoms with Gasteiger partial charge >= 0.3 is 6.18 Å². The smallest absolute Gasteiger partial charge is 0.348 e. The van der Waals surface area contributed by atoms with Gasteiger partial charge in [-0.15, -0.1) is 0 Å². The Morgan fingerprint density at radius 1 is 1.20 bits per heavy atom. The van der Waals surface area contributed by atoms with Crippen LogP contribution in [0.5, 0.6) is 0 Å². The number of hydrogen-bond donors (Lipinski definition) is 0. The Labute approximate surface area is 113 Å². The van der Waals surface area contributed by atoms with E-state index in [1.54, 1.807) is 5.92 Å². The molecule has 1 aromatic carbocycles. The van der Waals surface area contributed by atoms with Gasteiger partial charge in [0, 0.05) is 17.4 Å². The summed E-state index contributed by atoms with van der Waals surface area (Å²) in [4.78, 5) is 0. The maximum atomic E-state index is 13.7. The lowest BCUT2D eigenvalue weighted by Gasteiger charge is -2.27. The number of ether oxygens (including phenoxy) is 2. The first kappa shape index (κ1) is 14.8. The fraction of sp³-hybridized carbons (Fsp3) is 0.429. The quantitative estimate of drug-likeness (QED) is 0.582. The Bertz CT molecular complexity index is 534. The van der Waals surface area contributed by atoms with E-state index >= 15 is 0 Å². The highest BCUT2D eigenvalue weighted by Gasteiger charge is 2.24. The number of rotatable bonds is 1. The Morgan fingerprint density at radius 2 is 1.85 bits per heavy atom. The highest BCUT2D eigenvalue weighted by Crippen LogP contribution is 2.26. The molecule has 0 N–H and O–H groups in total. The molecule has 0 radical (unpaired) electrons. The molecule has 2 rings (SSSR count). The summed E-state index contributed by atoms with van der Waals surface area (Å²) < 4.78 is 60.3. The third kappa shape index (κ3) is 3.95. The van der Waals surface area contributed by atoms with Crippen molar-refractivity contribution < 1.29 is 27.0 Å². The van der Waals surface area contributed by atoms with E-state index in [0.717, 1.165) is 12.0 Å². The van der Waals surface area contributed by atoms with E-state index < -0.39 is 18.3 Å². The third-order valence-electron chi connectivity index (χ3n) is 2.67. The van der Waals surface area contributed by atoms with Crippen LogP contribution in [-0.2, 0) is 9.47 Å². The molecule has 0 atom stereocenters. The molecule has 0 unspecified atom stereocenters. The first-order valence-electron chi connectivity index (χ1n) is 5.98. The van der Waals surface area contributed by atoms with Crippen LogP contribution in [0.3, 0.4) is 0 Å². The van der Waals surface area contributed by atoms with Crippen LogP contribution in [-0.4, -0.2) is 19.4 Å². The number of hydrogen-bond acceptors (Lipinski definition) is 2. The Kier molecular flexibility index (Phi) is 4.31. The zero-order valence-corrected chi connectivity index (χ0v) is 10.6. The molecule has 0 saturated carbocycles. The van der Waals surface area contributed by atoms with Crippen LogP contribution in [0, 0.1) is 23.6 Å². The SMILES string of the molecule is CC1COC(c2ccc(C#CC(F)(F)F)c(F)c2)OC1. The van der Waals surface area contributed by atoms with Gasteiger partial charge in [-0.25, -0.2) is 4.39 Å². The molecule has 0 aliphatic carbocycles. The lowest BCUT2D eigenvalue weighted by atomic mass is 10.1. The Hall–Kier alpha value is -1.58. The average Bonchev–Trinajstić information content (AvgIpc) is 2.37. The summed E-state index contributed by atoms with van der Waals surface area (Å²) in [6.45, 7) is 2.93. The van der Waals surface area contributed by atoms with Crippen LogP contribution in [0.25, 0.3) is 0 Å². The van der Waals surface area contributed by atoms with Crippen molar-refractivity contribution in [2.75, 3.05) is 13.2 Å². The van der Waals surface area contributed by atoms with Crippen molar-refractivity contribution >= 4 is 0 Å². The van der Waals surface area contributed by atoms with E-state index in [9.17, 15) is 17.6 Å². The van der Waals surface area contributed by atoms with E-state index in [2.05, 4.69) is 0 Å². The highest BCUT2D eigenvalue weighted by molar-refractivity contribution is 5.38. The summed E-state index contributed by atoms with van der Waals surface area (Å²) >= 11 is 0. The first-order valence-corrected chi connectivity index (χ1v) is 5.98. The van der Waals surface area contributed by atoms with Gasteiger partial charge < -0.3 is 9.47 Å². The standard InChI is InChI=1S/C14H12F4O2/c1-9-7-19-13(20-8-9)11-3-2-10(12(15)6-11)4-5-14(16,17)18/h2-3,6,9,13H,7-8H2,1H3. The second-order valence-corrected chi connectivity index (χ2v) is 4.59. The van der Waals surface area contributed by atoms with Crippen molar-refractivity contribution in [3.63, 3.8) is 0 Å². The molecular formula is C14H12F4O2. The normalized spacial score (nSPS) is 23.1. The number of alkyl halides is 3. The summed E-state index contributed by atoms with van der Waals surface area (Å²) in [5.74, 6) is 2.22. The summed E-state index contributed by atoms with van der Waals surface area (Å²) in [6.07, 6.45) is -5.33. The number of benzene rings is 1.